The number of ether oxygens (including phenoxy) is 2. The minimum absolute atomic E-state index is 0.132. The Labute approximate surface area is 197 Å². The van der Waals surface area contributed by atoms with E-state index in [1.54, 1.807) is 26.5 Å². The molecule has 0 saturated carbocycles. The van der Waals surface area contributed by atoms with E-state index in [9.17, 15) is 14.7 Å². The van der Waals surface area contributed by atoms with E-state index < -0.39 is 16.7 Å². The molecule has 1 saturated heterocycles. The predicted octanol–water partition coefficient (Wildman–Crippen LogP) is 4.39. The molecule has 1 aromatic carbocycles. The van der Waals surface area contributed by atoms with Crippen LogP contribution in [0, 0.1) is 5.92 Å². The molecule has 1 aliphatic rings. The van der Waals surface area contributed by atoms with Gasteiger partial charge < -0.3 is 19.5 Å². The Kier molecular flexibility index (Phi) is 7.73. The summed E-state index contributed by atoms with van der Waals surface area (Å²) in [5, 5.41) is 9.63. The number of nitrogens with zero attached hydrogens (tertiary/aromatic N) is 2. The number of carboxylic acid groups (broad SMARTS) is 1. The molecule has 32 heavy (non-hydrogen) atoms. The summed E-state index contributed by atoms with van der Waals surface area (Å²) >= 11 is 5.69. The van der Waals surface area contributed by atoms with Gasteiger partial charge in [0.2, 0.25) is 0 Å². The Balaban J connectivity index is 1.86. The molecule has 0 bridgehead atoms. The Morgan fingerprint density at radius 2 is 2.03 bits per heavy atom. The molecule has 0 radical (unpaired) electrons. The molecule has 1 fully saturated rings. The number of thioether (sulfide) groups is 1. The van der Waals surface area contributed by atoms with Gasteiger partial charge in [-0.1, -0.05) is 37.7 Å². The quantitative estimate of drug-likeness (QED) is 0.433. The van der Waals surface area contributed by atoms with Gasteiger partial charge in [0.15, 0.2) is 11.5 Å². The van der Waals surface area contributed by atoms with Crippen LogP contribution >= 0.6 is 24.4 Å². The van der Waals surface area contributed by atoms with Crippen molar-refractivity contribution >= 4 is 42.3 Å². The number of methoxy groups -OCH3 is 2. The van der Waals surface area contributed by atoms with E-state index >= 15 is 0 Å². The molecule has 1 unspecified atom stereocenters. The second-order valence-corrected chi connectivity index (χ2v) is 9.63. The van der Waals surface area contributed by atoms with E-state index in [2.05, 4.69) is 17.6 Å². The number of carbonyl (C=O) groups excluding carboxylic acids is 1. The topological polar surface area (TPSA) is 89.0 Å². The number of carboxylic acids is 1. The first-order valence-electron chi connectivity index (χ1n) is 10.1. The molecule has 0 aliphatic carbocycles. The second-order valence-electron chi connectivity index (χ2n) is 7.67. The van der Waals surface area contributed by atoms with Gasteiger partial charge in [0.05, 0.1) is 24.8 Å². The fourth-order valence-electron chi connectivity index (χ4n) is 3.51. The number of pyridine rings is 1. The van der Waals surface area contributed by atoms with Gasteiger partial charge in [0.1, 0.15) is 10.7 Å². The summed E-state index contributed by atoms with van der Waals surface area (Å²) in [5.41, 5.74) is 2.21. The van der Waals surface area contributed by atoms with Gasteiger partial charge in [0.25, 0.3) is 5.91 Å². The molecule has 3 rings (SSSR count). The Morgan fingerprint density at radius 3 is 2.59 bits per heavy atom. The Morgan fingerprint density at radius 1 is 1.28 bits per heavy atom. The zero-order valence-electron chi connectivity index (χ0n) is 18.3. The fourth-order valence-corrected chi connectivity index (χ4v) is 5.11. The third kappa shape index (κ3) is 5.05. The van der Waals surface area contributed by atoms with Gasteiger partial charge in [-0.05, 0) is 42.2 Å². The van der Waals surface area contributed by atoms with Crippen LogP contribution < -0.4 is 9.47 Å². The van der Waals surface area contributed by atoms with Crippen LogP contribution in [-0.2, 0) is 9.59 Å². The number of hydrogen-bond donors (Lipinski definition) is 2. The fraction of sp³-hybridized carbons (Fsp3) is 0.348. The predicted molar refractivity (Wildman–Crippen MR) is 129 cm³/mol. The molecular weight excluding hydrogens is 448 g/mol. The van der Waals surface area contributed by atoms with Crippen LogP contribution in [0.25, 0.3) is 17.3 Å². The highest BCUT2D eigenvalue weighted by molar-refractivity contribution is 8.14. The van der Waals surface area contributed by atoms with Gasteiger partial charge in [-0.25, -0.2) is 4.79 Å². The number of carbonyl (C=O) groups is 2. The SMILES string of the molecule is COc1cccc(-c2ccc(/C=C3\SC(S)N([C@@H](CC(C)C)C(=O)O)C3=O)cn2)c1OC. The minimum atomic E-state index is -1.02. The molecule has 170 valence electrons. The standard InChI is InChI=1S/C23H26N2O5S2/c1-13(2)10-17(22(27)28)25-21(26)19(32-23(25)31)11-14-8-9-16(24-12-14)15-6-5-7-18(29-3)20(15)30-4/h5-9,11-13,17,23,31H,10H2,1-4H3,(H,27,28)/b19-11-/t17-,23?/m0/s1. The van der Waals surface area contributed by atoms with E-state index in [0.717, 1.165) is 11.1 Å². The van der Waals surface area contributed by atoms with E-state index in [1.165, 1.54) is 16.7 Å². The maximum atomic E-state index is 13.0. The van der Waals surface area contributed by atoms with Crippen molar-refractivity contribution < 1.29 is 24.2 Å². The second kappa shape index (κ2) is 10.3. The van der Waals surface area contributed by atoms with Gasteiger partial charge >= 0.3 is 5.97 Å². The summed E-state index contributed by atoms with van der Waals surface area (Å²) in [6.45, 7) is 3.86. The van der Waals surface area contributed by atoms with Crippen LogP contribution in [0.1, 0.15) is 25.8 Å². The summed E-state index contributed by atoms with van der Waals surface area (Å²) in [4.78, 5) is 31.0. The highest BCUT2D eigenvalue weighted by Crippen LogP contribution is 2.41. The molecule has 0 spiro atoms. The number of hydrogen-bond acceptors (Lipinski definition) is 7. The molecule has 2 atom stereocenters. The molecular formula is C23H26N2O5S2. The van der Waals surface area contributed by atoms with Crippen LogP contribution in [0.2, 0.25) is 0 Å². The lowest BCUT2D eigenvalue weighted by Gasteiger charge is -2.27. The first kappa shape index (κ1) is 24.0. The number of amides is 1. The van der Waals surface area contributed by atoms with E-state index in [1.807, 2.05) is 44.2 Å². The molecule has 7 nitrogen and oxygen atoms in total. The Bertz CT molecular complexity index is 1020. The maximum Gasteiger partial charge on any atom is 0.326 e. The number of aromatic nitrogens is 1. The summed E-state index contributed by atoms with van der Waals surface area (Å²) in [6, 6.07) is 8.34. The number of benzene rings is 1. The number of aliphatic carboxylic acids is 1. The van der Waals surface area contributed by atoms with E-state index in [0.29, 0.717) is 28.5 Å². The molecule has 9 heteroatoms. The van der Waals surface area contributed by atoms with Crippen LogP contribution in [0.5, 0.6) is 11.5 Å². The third-order valence-electron chi connectivity index (χ3n) is 4.99. The van der Waals surface area contributed by atoms with Crippen molar-refractivity contribution in [2.75, 3.05) is 14.2 Å². The number of rotatable bonds is 8. The molecule has 2 aromatic rings. The van der Waals surface area contributed by atoms with E-state index in [-0.39, 0.29) is 11.8 Å². The Hall–Kier alpha value is -2.65. The van der Waals surface area contributed by atoms with Crippen molar-refractivity contribution in [3.05, 3.63) is 47.0 Å². The smallest absolute Gasteiger partial charge is 0.326 e. The zero-order chi connectivity index (χ0) is 23.4. The van der Waals surface area contributed by atoms with Crippen LogP contribution in [0.15, 0.2) is 41.4 Å². The summed E-state index contributed by atoms with van der Waals surface area (Å²) in [5.74, 6) is -0.0191. The lowest BCUT2D eigenvalue weighted by molar-refractivity contribution is -0.148. The number of para-hydroxylation sites is 1. The monoisotopic (exact) mass is 474 g/mol. The lowest BCUT2D eigenvalue weighted by atomic mass is 10.0. The normalized spacial score (nSPS) is 18.3. The van der Waals surface area contributed by atoms with Crippen molar-refractivity contribution in [2.24, 2.45) is 5.92 Å². The largest absolute Gasteiger partial charge is 0.493 e. The van der Waals surface area contributed by atoms with Gasteiger partial charge in [0, 0.05) is 11.8 Å². The third-order valence-corrected chi connectivity index (χ3v) is 6.54. The molecule has 1 aliphatic heterocycles. The number of thiol groups is 1. The highest BCUT2D eigenvalue weighted by Gasteiger charge is 2.41. The first-order chi connectivity index (χ1) is 15.3. The van der Waals surface area contributed by atoms with Crippen molar-refractivity contribution in [1.82, 2.24) is 9.88 Å². The van der Waals surface area contributed by atoms with Crippen molar-refractivity contribution in [2.45, 2.75) is 31.0 Å². The average Bonchev–Trinajstić information content (AvgIpc) is 3.04. The zero-order valence-corrected chi connectivity index (χ0v) is 20.0. The first-order valence-corrected chi connectivity index (χ1v) is 11.5. The summed E-state index contributed by atoms with van der Waals surface area (Å²) in [6.07, 6.45) is 3.74. The minimum Gasteiger partial charge on any atom is -0.493 e. The van der Waals surface area contributed by atoms with Crippen LogP contribution in [0.3, 0.4) is 0 Å². The maximum absolute atomic E-state index is 13.0. The molecule has 1 amide bonds. The van der Waals surface area contributed by atoms with Gasteiger partial charge in [-0.2, -0.15) is 0 Å². The van der Waals surface area contributed by atoms with Crippen LogP contribution in [0.4, 0.5) is 0 Å². The van der Waals surface area contributed by atoms with Crippen molar-refractivity contribution in [3.8, 4) is 22.8 Å². The van der Waals surface area contributed by atoms with Crippen molar-refractivity contribution in [3.63, 3.8) is 0 Å². The molecule has 1 N–H and O–H groups in total. The summed E-state index contributed by atoms with van der Waals surface area (Å²) < 4.78 is 10.3. The summed E-state index contributed by atoms with van der Waals surface area (Å²) in [7, 11) is 3.15. The van der Waals surface area contributed by atoms with E-state index in [4.69, 9.17) is 9.47 Å². The molecule has 2 heterocycles. The van der Waals surface area contributed by atoms with Gasteiger partial charge in [-0.3, -0.25) is 9.78 Å². The van der Waals surface area contributed by atoms with Gasteiger partial charge in [-0.15, -0.1) is 12.6 Å². The van der Waals surface area contributed by atoms with Crippen LogP contribution in [-0.4, -0.2) is 51.8 Å². The lowest BCUT2D eigenvalue weighted by Crippen LogP contribution is -2.45. The highest BCUT2D eigenvalue weighted by atomic mass is 32.2. The molecule has 1 aromatic heterocycles. The van der Waals surface area contributed by atoms with Crippen molar-refractivity contribution in [1.29, 1.82) is 0 Å². The average molecular weight is 475 g/mol.